The first kappa shape index (κ1) is 18.0. The average molecular weight is 378 g/mol. The van der Waals surface area contributed by atoms with E-state index in [4.69, 9.17) is 5.11 Å². The van der Waals surface area contributed by atoms with E-state index >= 15 is 0 Å². The summed E-state index contributed by atoms with van der Waals surface area (Å²) in [5.74, 6) is -0.407. The first-order valence-electron chi connectivity index (χ1n) is 9.03. The quantitative estimate of drug-likeness (QED) is 0.680. The molecule has 142 valence electrons. The minimum atomic E-state index is -0.986. The number of carbonyl (C=O) groups is 1. The Hall–Kier alpha value is -3.35. The van der Waals surface area contributed by atoms with E-state index < -0.39 is 12.1 Å². The van der Waals surface area contributed by atoms with Gasteiger partial charge in [0.25, 0.3) is 0 Å². The summed E-state index contributed by atoms with van der Waals surface area (Å²) in [7, 11) is 0. The molecule has 0 unspecified atom stereocenters. The van der Waals surface area contributed by atoms with Crippen molar-refractivity contribution >= 4 is 11.8 Å². The van der Waals surface area contributed by atoms with Crippen molar-refractivity contribution in [2.24, 2.45) is 0 Å². The Morgan fingerprint density at radius 3 is 2.64 bits per heavy atom. The van der Waals surface area contributed by atoms with Gasteiger partial charge in [-0.25, -0.2) is 9.18 Å². The number of pyridine rings is 1. The summed E-state index contributed by atoms with van der Waals surface area (Å²) in [6.45, 7) is 0.521. The smallest absolute Gasteiger partial charge is 0.335 e. The Labute approximate surface area is 161 Å². The molecular weight excluding hydrogens is 359 g/mol. The third kappa shape index (κ3) is 3.55. The van der Waals surface area contributed by atoms with Gasteiger partial charge in [0.2, 0.25) is 0 Å². The van der Waals surface area contributed by atoms with Gasteiger partial charge in [0.05, 0.1) is 11.3 Å². The molecule has 1 aromatic carbocycles. The Balaban J connectivity index is 1.48. The molecule has 7 heteroatoms. The van der Waals surface area contributed by atoms with Crippen LogP contribution in [0.3, 0.4) is 0 Å². The van der Waals surface area contributed by atoms with Gasteiger partial charge in [-0.2, -0.15) is 0 Å². The highest BCUT2D eigenvalue weighted by Gasteiger charge is 2.46. The summed E-state index contributed by atoms with van der Waals surface area (Å²) in [5.41, 5.74) is 2.01. The summed E-state index contributed by atoms with van der Waals surface area (Å²) in [6, 6.07) is 15.8. The number of halogens is 1. The summed E-state index contributed by atoms with van der Waals surface area (Å²) >= 11 is 0. The van der Waals surface area contributed by atoms with Gasteiger partial charge >= 0.3 is 5.97 Å². The number of aromatic carboxylic acids is 1. The van der Waals surface area contributed by atoms with Crippen molar-refractivity contribution in [3.05, 3.63) is 72.1 Å². The minimum Gasteiger partial charge on any atom is -0.478 e. The van der Waals surface area contributed by atoms with Crippen LogP contribution >= 0.6 is 0 Å². The van der Waals surface area contributed by atoms with Gasteiger partial charge in [0.15, 0.2) is 0 Å². The fourth-order valence-corrected chi connectivity index (χ4v) is 3.56. The molecule has 1 fully saturated rings. The first-order chi connectivity index (χ1) is 13.6. The van der Waals surface area contributed by atoms with E-state index in [-0.39, 0.29) is 11.0 Å². The molecule has 1 aliphatic carbocycles. The molecule has 0 bridgehead atoms. The number of carboxylic acids is 1. The molecular formula is C21H19FN4O2. The maximum Gasteiger partial charge on any atom is 0.335 e. The highest BCUT2D eigenvalue weighted by molar-refractivity contribution is 5.89. The zero-order valence-electron chi connectivity index (χ0n) is 15.0. The van der Waals surface area contributed by atoms with Gasteiger partial charge in [-0.3, -0.25) is 4.98 Å². The molecule has 1 saturated carbocycles. The molecule has 0 aliphatic heterocycles. The van der Waals surface area contributed by atoms with Crippen LogP contribution in [-0.2, 0) is 5.41 Å². The number of alkyl halides is 1. The minimum absolute atomic E-state index is 0.199. The van der Waals surface area contributed by atoms with Crippen molar-refractivity contribution < 1.29 is 14.3 Å². The second kappa shape index (κ2) is 7.34. The molecule has 0 amide bonds. The third-order valence-electron chi connectivity index (χ3n) is 5.11. The Morgan fingerprint density at radius 2 is 2.00 bits per heavy atom. The molecule has 2 N–H and O–H groups in total. The van der Waals surface area contributed by atoms with Crippen LogP contribution in [-0.4, -0.2) is 39.0 Å². The van der Waals surface area contributed by atoms with Gasteiger partial charge < -0.3 is 10.4 Å². The lowest BCUT2D eigenvalue weighted by Gasteiger charge is -2.43. The molecule has 2 aromatic heterocycles. The van der Waals surface area contributed by atoms with Crippen LogP contribution in [0, 0.1) is 0 Å². The van der Waals surface area contributed by atoms with E-state index in [9.17, 15) is 9.18 Å². The molecule has 4 rings (SSSR count). The Bertz CT molecular complexity index is 973. The number of hydrogen-bond donors (Lipinski definition) is 2. The van der Waals surface area contributed by atoms with E-state index in [2.05, 4.69) is 20.5 Å². The van der Waals surface area contributed by atoms with Crippen LogP contribution in [0.4, 0.5) is 10.2 Å². The zero-order chi connectivity index (χ0) is 19.6. The zero-order valence-corrected chi connectivity index (χ0v) is 15.0. The summed E-state index contributed by atoms with van der Waals surface area (Å²) in [5, 5.41) is 20.7. The summed E-state index contributed by atoms with van der Waals surface area (Å²) < 4.78 is 13.6. The van der Waals surface area contributed by atoms with Crippen molar-refractivity contribution in [1.82, 2.24) is 15.2 Å². The van der Waals surface area contributed by atoms with Gasteiger partial charge in [-0.15, -0.1) is 10.2 Å². The van der Waals surface area contributed by atoms with E-state index in [1.54, 1.807) is 36.5 Å². The standard InChI is InChI=1S/C21H19FN4O2/c22-16-11-21(12-16,18-6-1-2-9-23-18)13-24-19-8-7-17(25-26-19)14-4-3-5-15(10-14)20(27)28/h1-10,16H,11-13H2,(H,24,26)(H,27,28). The van der Waals surface area contributed by atoms with Crippen molar-refractivity contribution in [1.29, 1.82) is 0 Å². The fraction of sp³-hybridized carbons (Fsp3) is 0.238. The number of aromatic nitrogens is 3. The number of hydrogen-bond acceptors (Lipinski definition) is 5. The van der Waals surface area contributed by atoms with Crippen molar-refractivity contribution in [2.75, 3.05) is 11.9 Å². The second-order valence-electron chi connectivity index (χ2n) is 7.04. The number of carboxylic acid groups (broad SMARTS) is 1. The normalized spacial score (nSPS) is 21.0. The maximum atomic E-state index is 13.6. The first-order valence-corrected chi connectivity index (χ1v) is 9.03. The highest BCUT2D eigenvalue weighted by Crippen LogP contribution is 2.44. The molecule has 1 aliphatic rings. The van der Waals surface area contributed by atoms with Gasteiger partial charge in [-0.1, -0.05) is 18.2 Å². The molecule has 0 radical (unpaired) electrons. The summed E-state index contributed by atoms with van der Waals surface area (Å²) in [4.78, 5) is 15.5. The van der Waals surface area contributed by atoms with Crippen LogP contribution in [0.1, 0.15) is 28.9 Å². The number of anilines is 1. The lowest BCUT2D eigenvalue weighted by molar-refractivity contribution is 0.0697. The summed E-state index contributed by atoms with van der Waals surface area (Å²) in [6.07, 6.45) is 1.79. The molecule has 0 saturated heterocycles. The van der Waals surface area contributed by atoms with E-state index in [1.165, 1.54) is 6.07 Å². The monoisotopic (exact) mass is 378 g/mol. The average Bonchev–Trinajstić information content (AvgIpc) is 2.71. The topological polar surface area (TPSA) is 88.0 Å². The van der Waals surface area contributed by atoms with Crippen molar-refractivity contribution in [3.63, 3.8) is 0 Å². The van der Waals surface area contributed by atoms with Gasteiger partial charge in [-0.05, 0) is 49.2 Å². The van der Waals surface area contributed by atoms with Crippen molar-refractivity contribution in [2.45, 2.75) is 24.4 Å². The molecule has 0 atom stereocenters. The molecule has 28 heavy (non-hydrogen) atoms. The van der Waals surface area contributed by atoms with E-state index in [1.807, 2.05) is 18.2 Å². The van der Waals surface area contributed by atoms with Crippen LogP contribution in [0.25, 0.3) is 11.3 Å². The van der Waals surface area contributed by atoms with Gasteiger partial charge in [0, 0.05) is 29.4 Å². The van der Waals surface area contributed by atoms with Gasteiger partial charge in [0.1, 0.15) is 12.0 Å². The number of nitrogens with one attached hydrogen (secondary N) is 1. The number of nitrogens with zero attached hydrogens (tertiary/aromatic N) is 3. The van der Waals surface area contributed by atoms with Crippen LogP contribution < -0.4 is 5.32 Å². The molecule has 2 heterocycles. The third-order valence-corrected chi connectivity index (χ3v) is 5.11. The highest BCUT2D eigenvalue weighted by atomic mass is 19.1. The van der Waals surface area contributed by atoms with E-state index in [0.29, 0.717) is 36.5 Å². The number of benzene rings is 1. The predicted molar refractivity (Wildman–Crippen MR) is 103 cm³/mol. The molecule has 0 spiro atoms. The lowest BCUT2D eigenvalue weighted by atomic mass is 9.65. The Morgan fingerprint density at radius 1 is 1.14 bits per heavy atom. The predicted octanol–water partition coefficient (Wildman–Crippen LogP) is 3.72. The largest absolute Gasteiger partial charge is 0.478 e. The number of rotatable bonds is 6. The van der Waals surface area contributed by atoms with Crippen LogP contribution in [0.15, 0.2) is 60.8 Å². The van der Waals surface area contributed by atoms with Crippen LogP contribution in [0.5, 0.6) is 0 Å². The van der Waals surface area contributed by atoms with Crippen molar-refractivity contribution in [3.8, 4) is 11.3 Å². The van der Waals surface area contributed by atoms with Crippen LogP contribution in [0.2, 0.25) is 0 Å². The molecule has 3 aromatic rings. The molecule has 6 nitrogen and oxygen atoms in total. The Kier molecular flexibility index (Phi) is 4.73. The SMILES string of the molecule is O=C(O)c1cccc(-c2ccc(NCC3(c4ccccn4)CC(F)C3)nn2)c1. The lowest BCUT2D eigenvalue weighted by Crippen LogP contribution is -2.48. The van der Waals surface area contributed by atoms with E-state index in [0.717, 1.165) is 5.69 Å². The second-order valence-corrected chi connectivity index (χ2v) is 7.04. The maximum absolute atomic E-state index is 13.6. The fourth-order valence-electron chi connectivity index (χ4n) is 3.56.